The fourth-order valence-corrected chi connectivity index (χ4v) is 2.27. The number of benzene rings is 2. The minimum absolute atomic E-state index is 0.178. The van der Waals surface area contributed by atoms with Gasteiger partial charge < -0.3 is 10.2 Å². The Morgan fingerprint density at radius 2 is 1.48 bits per heavy atom. The standard InChI is InChI=1S/C18H17F3N2O2/c1-22-16(24)13-5-3-12(4-6-13)11-23(2)17(25)14-7-9-15(10-8-14)18(19,20)21/h3-10H,11H2,1-2H3,(H,22,24). The van der Waals surface area contributed by atoms with Crippen LogP contribution in [0, 0.1) is 0 Å². The number of hydrogen-bond donors (Lipinski definition) is 1. The van der Waals surface area contributed by atoms with Crippen LogP contribution in [0.1, 0.15) is 31.8 Å². The van der Waals surface area contributed by atoms with E-state index in [9.17, 15) is 22.8 Å². The summed E-state index contributed by atoms with van der Waals surface area (Å²) >= 11 is 0. The van der Waals surface area contributed by atoms with Gasteiger partial charge in [0.2, 0.25) is 0 Å². The maximum absolute atomic E-state index is 12.6. The number of nitrogens with one attached hydrogen (secondary N) is 1. The van der Waals surface area contributed by atoms with E-state index in [1.807, 2.05) is 0 Å². The molecular formula is C18H17F3N2O2. The van der Waals surface area contributed by atoms with Crippen LogP contribution in [0.15, 0.2) is 48.5 Å². The van der Waals surface area contributed by atoms with Crippen LogP contribution in [-0.4, -0.2) is 30.8 Å². The summed E-state index contributed by atoms with van der Waals surface area (Å²) in [6.45, 7) is 0.272. The molecule has 2 aromatic rings. The van der Waals surface area contributed by atoms with E-state index in [1.165, 1.54) is 11.9 Å². The lowest BCUT2D eigenvalue weighted by Gasteiger charge is -2.18. The van der Waals surface area contributed by atoms with E-state index in [2.05, 4.69) is 5.32 Å². The summed E-state index contributed by atoms with van der Waals surface area (Å²) in [5.74, 6) is -0.593. The fraction of sp³-hybridized carbons (Fsp3) is 0.222. The Hall–Kier alpha value is -2.83. The molecule has 0 atom stereocenters. The third-order valence-electron chi connectivity index (χ3n) is 3.67. The van der Waals surface area contributed by atoms with Crippen molar-refractivity contribution in [1.29, 1.82) is 0 Å². The Morgan fingerprint density at radius 1 is 0.960 bits per heavy atom. The van der Waals surface area contributed by atoms with E-state index < -0.39 is 11.7 Å². The molecule has 0 aliphatic rings. The summed E-state index contributed by atoms with van der Waals surface area (Å²) in [6, 6.07) is 10.8. The Labute approximate surface area is 143 Å². The number of carbonyl (C=O) groups is 2. The summed E-state index contributed by atoms with van der Waals surface area (Å²) in [6.07, 6.45) is -4.43. The molecule has 2 rings (SSSR count). The van der Waals surface area contributed by atoms with Crippen molar-refractivity contribution in [2.24, 2.45) is 0 Å². The maximum atomic E-state index is 12.6. The number of carbonyl (C=O) groups excluding carboxylic acids is 2. The highest BCUT2D eigenvalue weighted by molar-refractivity contribution is 5.94. The Balaban J connectivity index is 2.06. The molecule has 0 spiro atoms. The molecule has 0 aromatic heterocycles. The molecule has 7 heteroatoms. The molecule has 2 amide bonds. The van der Waals surface area contributed by atoms with E-state index in [0.717, 1.165) is 29.8 Å². The SMILES string of the molecule is CNC(=O)c1ccc(CN(C)C(=O)c2ccc(C(F)(F)F)cc2)cc1. The molecular weight excluding hydrogens is 333 g/mol. The quantitative estimate of drug-likeness (QED) is 0.919. The van der Waals surface area contributed by atoms with Gasteiger partial charge in [0.15, 0.2) is 0 Å². The van der Waals surface area contributed by atoms with Crippen LogP contribution in [-0.2, 0) is 12.7 Å². The first-order valence-corrected chi connectivity index (χ1v) is 7.46. The molecule has 132 valence electrons. The summed E-state index contributed by atoms with van der Waals surface area (Å²) in [5.41, 5.74) is 0.687. The third kappa shape index (κ3) is 4.59. The van der Waals surface area contributed by atoms with Gasteiger partial charge >= 0.3 is 6.18 Å². The first-order valence-electron chi connectivity index (χ1n) is 7.46. The van der Waals surface area contributed by atoms with Crippen LogP contribution in [0.4, 0.5) is 13.2 Å². The van der Waals surface area contributed by atoms with Crippen molar-refractivity contribution in [1.82, 2.24) is 10.2 Å². The number of alkyl halides is 3. The van der Waals surface area contributed by atoms with Gasteiger partial charge in [-0.05, 0) is 42.0 Å². The highest BCUT2D eigenvalue weighted by Crippen LogP contribution is 2.29. The van der Waals surface area contributed by atoms with Crippen LogP contribution in [0.5, 0.6) is 0 Å². The topological polar surface area (TPSA) is 49.4 Å². The van der Waals surface area contributed by atoms with Crippen molar-refractivity contribution in [2.75, 3.05) is 14.1 Å². The summed E-state index contributed by atoms with van der Waals surface area (Å²) in [7, 11) is 3.10. The second kappa shape index (κ2) is 7.38. The van der Waals surface area contributed by atoms with Crippen molar-refractivity contribution in [2.45, 2.75) is 12.7 Å². The second-order valence-corrected chi connectivity index (χ2v) is 5.51. The largest absolute Gasteiger partial charge is 0.416 e. The van der Waals surface area contributed by atoms with Crippen molar-refractivity contribution < 1.29 is 22.8 Å². The van der Waals surface area contributed by atoms with Crippen LogP contribution in [0.2, 0.25) is 0 Å². The average Bonchev–Trinajstić information content (AvgIpc) is 2.60. The molecule has 0 fully saturated rings. The smallest absolute Gasteiger partial charge is 0.355 e. The molecule has 4 nitrogen and oxygen atoms in total. The Bertz CT molecular complexity index is 753. The lowest BCUT2D eigenvalue weighted by atomic mass is 10.1. The van der Waals surface area contributed by atoms with Crippen molar-refractivity contribution in [3.63, 3.8) is 0 Å². The molecule has 0 saturated carbocycles. The van der Waals surface area contributed by atoms with E-state index >= 15 is 0 Å². The Morgan fingerprint density at radius 3 is 1.96 bits per heavy atom. The van der Waals surface area contributed by atoms with Crippen LogP contribution < -0.4 is 5.32 Å². The second-order valence-electron chi connectivity index (χ2n) is 5.51. The van der Waals surface area contributed by atoms with Crippen LogP contribution in [0.3, 0.4) is 0 Å². The number of halogens is 3. The van der Waals surface area contributed by atoms with Gasteiger partial charge in [-0.1, -0.05) is 12.1 Å². The van der Waals surface area contributed by atoms with Gasteiger partial charge in [0, 0.05) is 31.8 Å². The fourth-order valence-electron chi connectivity index (χ4n) is 2.27. The van der Waals surface area contributed by atoms with E-state index in [4.69, 9.17) is 0 Å². The maximum Gasteiger partial charge on any atom is 0.416 e. The molecule has 1 N–H and O–H groups in total. The lowest BCUT2D eigenvalue weighted by molar-refractivity contribution is -0.137. The zero-order valence-electron chi connectivity index (χ0n) is 13.7. The van der Waals surface area contributed by atoms with E-state index in [0.29, 0.717) is 5.56 Å². The van der Waals surface area contributed by atoms with Gasteiger partial charge in [-0.25, -0.2) is 0 Å². The molecule has 0 radical (unpaired) electrons. The van der Waals surface area contributed by atoms with Gasteiger partial charge in [-0.15, -0.1) is 0 Å². The van der Waals surface area contributed by atoms with Crippen molar-refractivity contribution >= 4 is 11.8 Å². The molecule has 0 aliphatic carbocycles. The summed E-state index contributed by atoms with van der Waals surface area (Å²) < 4.78 is 37.7. The first-order chi connectivity index (χ1) is 11.7. The predicted molar refractivity (Wildman–Crippen MR) is 87.1 cm³/mol. The average molecular weight is 350 g/mol. The molecule has 0 aliphatic heterocycles. The van der Waals surface area contributed by atoms with E-state index in [1.54, 1.807) is 31.3 Å². The lowest BCUT2D eigenvalue weighted by Crippen LogP contribution is -2.26. The van der Waals surface area contributed by atoms with Gasteiger partial charge in [-0.2, -0.15) is 13.2 Å². The minimum atomic E-state index is -4.43. The number of rotatable bonds is 4. The van der Waals surface area contributed by atoms with Crippen molar-refractivity contribution in [3.05, 3.63) is 70.8 Å². The minimum Gasteiger partial charge on any atom is -0.355 e. The summed E-state index contributed by atoms with van der Waals surface area (Å²) in [4.78, 5) is 25.2. The number of hydrogen-bond acceptors (Lipinski definition) is 2. The molecule has 0 bridgehead atoms. The van der Waals surface area contributed by atoms with Crippen molar-refractivity contribution in [3.8, 4) is 0 Å². The van der Waals surface area contributed by atoms with Gasteiger partial charge in [-0.3, -0.25) is 9.59 Å². The normalized spacial score (nSPS) is 11.1. The number of amides is 2. The monoisotopic (exact) mass is 350 g/mol. The molecule has 0 unspecified atom stereocenters. The summed E-state index contributed by atoms with van der Waals surface area (Å²) in [5, 5.41) is 2.51. The van der Waals surface area contributed by atoms with E-state index in [-0.39, 0.29) is 23.9 Å². The predicted octanol–water partition coefficient (Wildman–Crippen LogP) is 3.34. The third-order valence-corrected chi connectivity index (χ3v) is 3.67. The Kier molecular flexibility index (Phi) is 5.46. The van der Waals surface area contributed by atoms with Crippen LogP contribution >= 0.6 is 0 Å². The first kappa shape index (κ1) is 18.5. The van der Waals surface area contributed by atoms with Gasteiger partial charge in [0.05, 0.1) is 5.56 Å². The van der Waals surface area contributed by atoms with Gasteiger partial charge in [0.25, 0.3) is 11.8 Å². The highest BCUT2D eigenvalue weighted by atomic mass is 19.4. The molecule has 25 heavy (non-hydrogen) atoms. The molecule has 2 aromatic carbocycles. The molecule has 0 saturated heterocycles. The van der Waals surface area contributed by atoms with Crippen LogP contribution in [0.25, 0.3) is 0 Å². The zero-order chi connectivity index (χ0) is 18.6. The van der Waals surface area contributed by atoms with Gasteiger partial charge in [0.1, 0.15) is 0 Å². The highest BCUT2D eigenvalue weighted by Gasteiger charge is 2.30. The number of nitrogens with zero attached hydrogens (tertiary/aromatic N) is 1. The molecule has 0 heterocycles. The zero-order valence-corrected chi connectivity index (χ0v) is 13.7.